The molecular formula is C24H25N5O. The third-order valence-electron chi connectivity index (χ3n) is 5.19. The van der Waals surface area contributed by atoms with Crippen LogP contribution in [0, 0.1) is 11.8 Å². The Morgan fingerprint density at radius 2 is 1.83 bits per heavy atom. The summed E-state index contributed by atoms with van der Waals surface area (Å²) in [7, 11) is 2.16. The summed E-state index contributed by atoms with van der Waals surface area (Å²) in [4.78, 5) is 17.5. The summed E-state index contributed by atoms with van der Waals surface area (Å²) in [6.07, 6.45) is 3.40. The molecule has 0 saturated carbocycles. The molecule has 2 N–H and O–H groups in total. The van der Waals surface area contributed by atoms with E-state index in [2.05, 4.69) is 56.3 Å². The molecule has 2 heterocycles. The van der Waals surface area contributed by atoms with E-state index < -0.39 is 0 Å². The van der Waals surface area contributed by atoms with E-state index in [1.807, 2.05) is 24.3 Å². The number of hydrogen-bond acceptors (Lipinski definition) is 4. The number of nitrogens with one attached hydrogen (secondary N) is 2. The Bertz CT molecular complexity index is 1040. The first kappa shape index (κ1) is 19.9. The molecule has 30 heavy (non-hydrogen) atoms. The molecule has 1 aliphatic rings. The first-order valence-electron chi connectivity index (χ1n) is 10.1. The minimum Gasteiger partial charge on any atom is -0.322 e. The molecule has 2 aromatic carbocycles. The Kier molecular flexibility index (Phi) is 6.23. The predicted octanol–water partition coefficient (Wildman–Crippen LogP) is 2.81. The van der Waals surface area contributed by atoms with Crippen LogP contribution in [0.25, 0.3) is 0 Å². The van der Waals surface area contributed by atoms with Gasteiger partial charge in [0.25, 0.3) is 5.91 Å². The van der Waals surface area contributed by atoms with Gasteiger partial charge in [0, 0.05) is 55.7 Å². The van der Waals surface area contributed by atoms with E-state index in [-0.39, 0.29) is 5.91 Å². The highest BCUT2D eigenvalue weighted by Gasteiger charge is 2.14. The molecule has 0 unspecified atom stereocenters. The summed E-state index contributed by atoms with van der Waals surface area (Å²) < 4.78 is 0. The number of hydrogen-bond donors (Lipinski definition) is 2. The lowest BCUT2D eigenvalue weighted by Gasteiger charge is -2.32. The number of aromatic amines is 1. The molecular weight excluding hydrogens is 374 g/mol. The van der Waals surface area contributed by atoms with Crippen molar-refractivity contribution in [3.05, 3.63) is 83.2 Å². The van der Waals surface area contributed by atoms with E-state index in [9.17, 15) is 4.79 Å². The zero-order chi connectivity index (χ0) is 20.8. The van der Waals surface area contributed by atoms with E-state index in [0.29, 0.717) is 5.56 Å². The van der Waals surface area contributed by atoms with Gasteiger partial charge in [-0.25, -0.2) is 0 Å². The molecule has 3 aromatic rings. The van der Waals surface area contributed by atoms with E-state index >= 15 is 0 Å². The van der Waals surface area contributed by atoms with Gasteiger partial charge in [0.15, 0.2) is 0 Å². The molecule has 0 spiro atoms. The predicted molar refractivity (Wildman–Crippen MR) is 118 cm³/mol. The highest BCUT2D eigenvalue weighted by atomic mass is 16.1. The average molecular weight is 399 g/mol. The maximum Gasteiger partial charge on any atom is 0.255 e. The molecule has 0 radical (unpaired) electrons. The lowest BCUT2D eigenvalue weighted by Crippen LogP contribution is -2.43. The lowest BCUT2D eigenvalue weighted by molar-refractivity contribution is 0.102. The molecule has 6 heteroatoms. The molecule has 0 aliphatic carbocycles. The van der Waals surface area contributed by atoms with Gasteiger partial charge in [0.1, 0.15) is 0 Å². The van der Waals surface area contributed by atoms with Crippen molar-refractivity contribution in [1.29, 1.82) is 0 Å². The first-order chi connectivity index (χ1) is 14.7. The van der Waals surface area contributed by atoms with Gasteiger partial charge >= 0.3 is 0 Å². The second kappa shape index (κ2) is 9.40. The molecule has 4 rings (SSSR count). The summed E-state index contributed by atoms with van der Waals surface area (Å²) in [5.41, 5.74) is 4.22. The minimum absolute atomic E-state index is 0.145. The second-order valence-electron chi connectivity index (χ2n) is 7.55. The largest absolute Gasteiger partial charge is 0.322 e. The first-order valence-corrected chi connectivity index (χ1v) is 10.1. The van der Waals surface area contributed by atoms with Crippen molar-refractivity contribution in [2.24, 2.45) is 0 Å². The summed E-state index contributed by atoms with van der Waals surface area (Å²) in [6.45, 7) is 5.35. The van der Waals surface area contributed by atoms with Gasteiger partial charge in [-0.1, -0.05) is 30.0 Å². The monoisotopic (exact) mass is 399 g/mol. The van der Waals surface area contributed by atoms with Crippen LogP contribution in [0.5, 0.6) is 0 Å². The lowest BCUT2D eigenvalue weighted by atomic mass is 10.1. The van der Waals surface area contributed by atoms with Crippen LogP contribution in [0.4, 0.5) is 5.69 Å². The molecule has 0 bridgehead atoms. The summed E-state index contributed by atoms with van der Waals surface area (Å²) in [5.74, 6) is 5.93. The van der Waals surface area contributed by atoms with Crippen LogP contribution in [0.3, 0.4) is 0 Å². The number of nitrogens with zero attached hydrogens (tertiary/aromatic N) is 3. The zero-order valence-electron chi connectivity index (χ0n) is 17.1. The van der Waals surface area contributed by atoms with Crippen LogP contribution in [-0.4, -0.2) is 59.1 Å². The molecule has 1 aromatic heterocycles. The number of amides is 1. The van der Waals surface area contributed by atoms with Crippen molar-refractivity contribution in [3.8, 4) is 11.8 Å². The fourth-order valence-electron chi connectivity index (χ4n) is 3.36. The Labute approximate surface area is 176 Å². The minimum atomic E-state index is -0.145. The van der Waals surface area contributed by atoms with Gasteiger partial charge in [-0.05, 0) is 42.9 Å². The Balaban J connectivity index is 1.36. The number of benzene rings is 2. The van der Waals surface area contributed by atoms with Gasteiger partial charge in [-0.15, -0.1) is 0 Å². The summed E-state index contributed by atoms with van der Waals surface area (Å²) >= 11 is 0. The molecule has 1 aliphatic heterocycles. The van der Waals surface area contributed by atoms with Crippen LogP contribution >= 0.6 is 0 Å². The van der Waals surface area contributed by atoms with E-state index in [4.69, 9.17) is 0 Å². The molecule has 1 amide bonds. The molecule has 152 valence electrons. The third-order valence-corrected chi connectivity index (χ3v) is 5.19. The van der Waals surface area contributed by atoms with E-state index in [1.54, 1.807) is 24.5 Å². The SMILES string of the molecule is CN1CCN(Cc2ccc(NC(=O)c3cccc(C#Cc4cn[nH]c4)c3)cc2)CC1. The van der Waals surface area contributed by atoms with Crippen LogP contribution in [0.1, 0.15) is 27.0 Å². The van der Waals surface area contributed by atoms with Gasteiger partial charge in [-0.2, -0.15) is 5.10 Å². The van der Waals surface area contributed by atoms with Gasteiger partial charge in [0.05, 0.1) is 11.8 Å². The number of likely N-dealkylation sites (N-methyl/N-ethyl adjacent to an activating group) is 1. The fraction of sp³-hybridized carbons (Fsp3) is 0.250. The highest BCUT2D eigenvalue weighted by Crippen LogP contribution is 2.14. The Morgan fingerprint density at radius 1 is 1.07 bits per heavy atom. The van der Waals surface area contributed by atoms with Crippen LogP contribution in [-0.2, 0) is 6.54 Å². The standard InChI is InChI=1S/C24H25N5O/c1-28-11-13-29(14-12-28)18-20-7-9-23(10-8-20)27-24(30)22-4-2-3-19(15-22)5-6-21-16-25-26-17-21/h2-4,7-10,15-17H,11-14,18H2,1H3,(H,25,26)(H,27,30). The number of carbonyl (C=O) groups excluding carboxylic acids is 1. The number of carbonyl (C=O) groups is 1. The number of anilines is 1. The second-order valence-corrected chi connectivity index (χ2v) is 7.55. The van der Waals surface area contributed by atoms with Crippen molar-refractivity contribution < 1.29 is 4.79 Å². The Hall–Kier alpha value is -3.40. The maximum absolute atomic E-state index is 12.6. The highest BCUT2D eigenvalue weighted by molar-refractivity contribution is 6.04. The van der Waals surface area contributed by atoms with Crippen molar-refractivity contribution in [2.75, 3.05) is 38.5 Å². The third kappa shape index (κ3) is 5.35. The molecule has 6 nitrogen and oxygen atoms in total. The van der Waals surface area contributed by atoms with Crippen LogP contribution in [0.2, 0.25) is 0 Å². The molecule has 1 saturated heterocycles. The number of aromatic nitrogens is 2. The van der Waals surface area contributed by atoms with Crippen molar-refractivity contribution >= 4 is 11.6 Å². The van der Waals surface area contributed by atoms with Gasteiger partial charge in [-0.3, -0.25) is 14.8 Å². The van der Waals surface area contributed by atoms with Crippen molar-refractivity contribution in [3.63, 3.8) is 0 Å². The van der Waals surface area contributed by atoms with Crippen molar-refractivity contribution in [2.45, 2.75) is 6.54 Å². The number of rotatable bonds is 4. The maximum atomic E-state index is 12.6. The van der Waals surface area contributed by atoms with Crippen molar-refractivity contribution in [1.82, 2.24) is 20.0 Å². The van der Waals surface area contributed by atoms with Crippen LogP contribution in [0.15, 0.2) is 60.9 Å². The number of H-pyrrole nitrogens is 1. The quantitative estimate of drug-likeness (QED) is 0.663. The summed E-state index contributed by atoms with van der Waals surface area (Å²) in [5, 5.41) is 9.57. The molecule has 1 fully saturated rings. The van der Waals surface area contributed by atoms with Gasteiger partial charge in [0.2, 0.25) is 0 Å². The van der Waals surface area contributed by atoms with E-state index in [1.165, 1.54) is 5.56 Å². The topological polar surface area (TPSA) is 64.3 Å². The normalized spacial score (nSPS) is 14.7. The zero-order valence-corrected chi connectivity index (χ0v) is 17.1. The van der Waals surface area contributed by atoms with E-state index in [0.717, 1.165) is 49.5 Å². The average Bonchev–Trinajstić information content (AvgIpc) is 3.29. The number of piperazine rings is 1. The Morgan fingerprint density at radius 3 is 2.57 bits per heavy atom. The van der Waals surface area contributed by atoms with Crippen LogP contribution < -0.4 is 5.32 Å². The summed E-state index contributed by atoms with van der Waals surface area (Å²) in [6, 6.07) is 15.4. The smallest absolute Gasteiger partial charge is 0.255 e. The fourth-order valence-corrected chi connectivity index (χ4v) is 3.36. The molecule has 0 atom stereocenters. The van der Waals surface area contributed by atoms with Gasteiger partial charge < -0.3 is 10.2 Å².